The minimum absolute atomic E-state index is 0.0680. The van der Waals surface area contributed by atoms with E-state index in [0.29, 0.717) is 6.54 Å². The lowest BCUT2D eigenvalue weighted by Gasteiger charge is -2.36. The Balaban J connectivity index is 1.50. The molecule has 152 valence electrons. The first kappa shape index (κ1) is 20.5. The highest BCUT2D eigenvalue weighted by Crippen LogP contribution is 2.41. The van der Waals surface area contributed by atoms with E-state index in [1.54, 1.807) is 7.11 Å². The van der Waals surface area contributed by atoms with Crippen molar-refractivity contribution in [2.24, 2.45) is 10.8 Å². The van der Waals surface area contributed by atoms with E-state index in [4.69, 9.17) is 14.2 Å². The molecular formula is C20H38N2O4. The summed E-state index contributed by atoms with van der Waals surface area (Å²) in [7, 11) is 1.78. The maximum absolute atomic E-state index is 10.5. The smallest absolute Gasteiger partial charge is 0.138 e. The molecular weight excluding hydrogens is 332 g/mol. The van der Waals surface area contributed by atoms with Gasteiger partial charge in [-0.15, -0.1) is 0 Å². The van der Waals surface area contributed by atoms with Crippen LogP contribution in [-0.4, -0.2) is 85.1 Å². The van der Waals surface area contributed by atoms with E-state index in [-0.39, 0.29) is 41.6 Å². The fourth-order valence-corrected chi connectivity index (χ4v) is 4.52. The molecule has 0 aromatic carbocycles. The number of rotatable bonds is 5. The molecule has 3 fully saturated rings. The van der Waals surface area contributed by atoms with Crippen LogP contribution in [0.3, 0.4) is 0 Å². The lowest BCUT2D eigenvalue weighted by Crippen LogP contribution is -2.45. The molecule has 3 saturated heterocycles. The fraction of sp³-hybridized carbons (Fsp3) is 1.00. The molecule has 3 aliphatic rings. The maximum atomic E-state index is 10.5. The quantitative estimate of drug-likeness (QED) is 0.746. The fourth-order valence-electron chi connectivity index (χ4n) is 4.52. The molecule has 6 heteroatoms. The highest BCUT2D eigenvalue weighted by atomic mass is 16.6. The second-order valence-corrected chi connectivity index (χ2v) is 10.4. The molecule has 3 heterocycles. The van der Waals surface area contributed by atoms with Crippen LogP contribution in [0, 0.1) is 10.8 Å². The van der Waals surface area contributed by atoms with Crippen molar-refractivity contribution >= 4 is 0 Å². The molecule has 0 aliphatic carbocycles. The molecule has 26 heavy (non-hydrogen) atoms. The Hall–Kier alpha value is -0.240. The Kier molecular flexibility index (Phi) is 5.75. The summed E-state index contributed by atoms with van der Waals surface area (Å²) in [6.45, 7) is 16.4. The van der Waals surface area contributed by atoms with Crippen molar-refractivity contribution < 1.29 is 19.3 Å². The van der Waals surface area contributed by atoms with Crippen molar-refractivity contribution in [2.45, 2.75) is 84.8 Å². The number of β-amino-alcohol motifs (C(OH)–C–C–N with tert-alkyl or cyclic N) is 1. The molecule has 0 spiro atoms. The van der Waals surface area contributed by atoms with Crippen molar-refractivity contribution in [3.63, 3.8) is 0 Å². The number of methoxy groups -OCH3 is 1. The van der Waals surface area contributed by atoms with Gasteiger partial charge >= 0.3 is 0 Å². The Labute approximate surface area is 158 Å². The van der Waals surface area contributed by atoms with Crippen LogP contribution in [-0.2, 0) is 14.2 Å². The standard InChI is InChI=1S/C20H38N2O4/c1-19(2,3)16-17(26-16)22-11-14(23)15(12-22)25-13-8-9-21(10-13)18(24-7)20(4,5)6/h13-18,23H,8-12H2,1-7H3. The predicted octanol–water partition coefficient (Wildman–Crippen LogP) is 1.91. The zero-order valence-electron chi connectivity index (χ0n) is 17.6. The first-order chi connectivity index (χ1) is 12.0. The van der Waals surface area contributed by atoms with Gasteiger partial charge in [0.05, 0.1) is 18.3 Å². The zero-order valence-corrected chi connectivity index (χ0v) is 17.6. The molecule has 0 bridgehead atoms. The van der Waals surface area contributed by atoms with E-state index in [1.165, 1.54) is 0 Å². The van der Waals surface area contributed by atoms with Gasteiger partial charge in [-0.05, 0) is 11.8 Å². The Bertz CT molecular complexity index is 487. The molecule has 0 aromatic heterocycles. The topological polar surface area (TPSA) is 57.7 Å². The van der Waals surface area contributed by atoms with Crippen molar-refractivity contribution in [3.05, 3.63) is 0 Å². The predicted molar refractivity (Wildman–Crippen MR) is 101 cm³/mol. The number of ether oxygens (including phenoxy) is 3. The number of hydrogen-bond donors (Lipinski definition) is 1. The summed E-state index contributed by atoms with van der Waals surface area (Å²) < 4.78 is 17.9. The maximum Gasteiger partial charge on any atom is 0.138 e. The molecule has 6 unspecified atom stereocenters. The van der Waals surface area contributed by atoms with Gasteiger partial charge < -0.3 is 19.3 Å². The lowest BCUT2D eigenvalue weighted by molar-refractivity contribution is -0.101. The van der Waals surface area contributed by atoms with Gasteiger partial charge in [0.1, 0.15) is 18.6 Å². The number of epoxide rings is 1. The largest absolute Gasteiger partial charge is 0.389 e. The highest BCUT2D eigenvalue weighted by Gasteiger charge is 2.53. The molecule has 0 amide bonds. The van der Waals surface area contributed by atoms with Gasteiger partial charge in [0.15, 0.2) is 0 Å². The third-order valence-electron chi connectivity index (χ3n) is 5.79. The normalized spacial score (nSPS) is 38.1. The Morgan fingerprint density at radius 2 is 1.77 bits per heavy atom. The summed E-state index contributed by atoms with van der Waals surface area (Å²) in [5, 5.41) is 10.5. The van der Waals surface area contributed by atoms with E-state index in [1.807, 2.05) is 0 Å². The average molecular weight is 371 g/mol. The van der Waals surface area contributed by atoms with Crippen LogP contribution in [0.2, 0.25) is 0 Å². The SMILES string of the molecule is COC(N1CCC(OC2CN(C3OC3C(C)(C)C)CC2O)C1)C(C)(C)C. The number of likely N-dealkylation sites (tertiary alicyclic amines) is 2. The van der Waals surface area contributed by atoms with Gasteiger partial charge in [0.25, 0.3) is 0 Å². The number of aliphatic hydroxyl groups excluding tert-OH is 1. The monoisotopic (exact) mass is 370 g/mol. The first-order valence-corrected chi connectivity index (χ1v) is 10.0. The third kappa shape index (κ3) is 4.42. The van der Waals surface area contributed by atoms with Crippen LogP contribution >= 0.6 is 0 Å². The van der Waals surface area contributed by atoms with Crippen LogP contribution in [0.1, 0.15) is 48.0 Å². The van der Waals surface area contributed by atoms with E-state index in [2.05, 4.69) is 51.3 Å². The van der Waals surface area contributed by atoms with E-state index in [0.717, 1.165) is 26.1 Å². The second-order valence-electron chi connectivity index (χ2n) is 10.4. The molecule has 1 N–H and O–H groups in total. The first-order valence-electron chi connectivity index (χ1n) is 10.0. The third-order valence-corrected chi connectivity index (χ3v) is 5.79. The van der Waals surface area contributed by atoms with Gasteiger partial charge in [-0.3, -0.25) is 9.80 Å². The van der Waals surface area contributed by atoms with Gasteiger partial charge in [-0.1, -0.05) is 41.5 Å². The number of nitrogens with zero attached hydrogens (tertiary/aromatic N) is 2. The Morgan fingerprint density at radius 1 is 1.08 bits per heavy atom. The van der Waals surface area contributed by atoms with Crippen LogP contribution in [0.4, 0.5) is 0 Å². The Morgan fingerprint density at radius 3 is 2.31 bits per heavy atom. The lowest BCUT2D eigenvalue weighted by atomic mass is 9.91. The van der Waals surface area contributed by atoms with Gasteiger partial charge in [-0.2, -0.15) is 0 Å². The second kappa shape index (κ2) is 7.30. The minimum atomic E-state index is -0.435. The summed E-state index contributed by atoms with van der Waals surface area (Å²) in [6.07, 6.45) is 1.07. The van der Waals surface area contributed by atoms with E-state index < -0.39 is 6.10 Å². The summed E-state index contributed by atoms with van der Waals surface area (Å²) in [5.41, 5.74) is 0.210. The van der Waals surface area contributed by atoms with E-state index in [9.17, 15) is 5.11 Å². The van der Waals surface area contributed by atoms with Gasteiger partial charge in [0, 0.05) is 38.7 Å². The summed E-state index contributed by atoms with van der Waals surface area (Å²) in [6, 6.07) is 0. The van der Waals surface area contributed by atoms with Crippen molar-refractivity contribution in [1.29, 1.82) is 0 Å². The molecule has 0 aromatic rings. The number of hydrogen-bond acceptors (Lipinski definition) is 6. The van der Waals surface area contributed by atoms with Crippen LogP contribution < -0.4 is 0 Å². The highest BCUT2D eigenvalue weighted by molar-refractivity contribution is 4.99. The summed E-state index contributed by atoms with van der Waals surface area (Å²) in [5.74, 6) is 0. The molecule has 6 atom stereocenters. The van der Waals surface area contributed by atoms with Crippen molar-refractivity contribution in [2.75, 3.05) is 33.3 Å². The van der Waals surface area contributed by atoms with Crippen LogP contribution in [0.15, 0.2) is 0 Å². The summed E-state index contributed by atoms with van der Waals surface area (Å²) >= 11 is 0. The number of aliphatic hydroxyl groups is 1. The molecule has 3 aliphatic heterocycles. The summed E-state index contributed by atoms with van der Waals surface area (Å²) in [4.78, 5) is 4.61. The van der Waals surface area contributed by atoms with Crippen molar-refractivity contribution in [3.8, 4) is 0 Å². The van der Waals surface area contributed by atoms with E-state index >= 15 is 0 Å². The van der Waals surface area contributed by atoms with Gasteiger partial charge in [0.2, 0.25) is 0 Å². The molecule has 0 radical (unpaired) electrons. The van der Waals surface area contributed by atoms with Crippen LogP contribution in [0.5, 0.6) is 0 Å². The molecule has 0 saturated carbocycles. The zero-order chi connectivity index (χ0) is 19.3. The van der Waals surface area contributed by atoms with Crippen molar-refractivity contribution in [1.82, 2.24) is 9.80 Å². The molecule has 3 rings (SSSR count). The molecule has 6 nitrogen and oxygen atoms in total. The van der Waals surface area contributed by atoms with Gasteiger partial charge in [-0.25, -0.2) is 0 Å². The minimum Gasteiger partial charge on any atom is -0.389 e. The van der Waals surface area contributed by atoms with Crippen LogP contribution in [0.25, 0.3) is 0 Å². The average Bonchev–Trinajstić information content (AvgIpc) is 3.08.